The van der Waals surface area contributed by atoms with E-state index in [1.54, 1.807) is 12.5 Å². The van der Waals surface area contributed by atoms with Crippen molar-refractivity contribution >= 4 is 5.82 Å². The van der Waals surface area contributed by atoms with Gasteiger partial charge in [-0.25, -0.2) is 9.97 Å². The van der Waals surface area contributed by atoms with Gasteiger partial charge in [0.25, 0.3) is 0 Å². The summed E-state index contributed by atoms with van der Waals surface area (Å²) < 4.78 is 0. The van der Waals surface area contributed by atoms with Crippen molar-refractivity contribution in [3.05, 3.63) is 18.6 Å². The maximum absolute atomic E-state index is 9.58. The first-order chi connectivity index (χ1) is 6.81. The van der Waals surface area contributed by atoms with Crippen molar-refractivity contribution in [1.29, 1.82) is 0 Å². The largest absolute Gasteiger partial charge is 0.391 e. The van der Waals surface area contributed by atoms with Crippen LogP contribution in [0.15, 0.2) is 18.6 Å². The molecular weight excluding hydrogens is 178 g/mol. The van der Waals surface area contributed by atoms with Gasteiger partial charge in [0.15, 0.2) is 0 Å². The van der Waals surface area contributed by atoms with Gasteiger partial charge >= 0.3 is 0 Å². The Morgan fingerprint density at radius 3 is 3.14 bits per heavy atom. The van der Waals surface area contributed by atoms with Crippen molar-refractivity contribution in [1.82, 2.24) is 9.97 Å². The number of aliphatic hydroxyl groups excluding tert-OH is 1. The van der Waals surface area contributed by atoms with Crippen LogP contribution in [0.4, 0.5) is 5.82 Å². The molecule has 2 atom stereocenters. The first kappa shape index (κ1) is 9.40. The normalized spacial score (nSPS) is 26.9. The van der Waals surface area contributed by atoms with E-state index in [0.717, 1.165) is 18.7 Å². The third-order valence-electron chi connectivity index (χ3n) is 2.72. The molecule has 76 valence electrons. The van der Waals surface area contributed by atoms with Gasteiger partial charge in [0.1, 0.15) is 12.1 Å². The second-order valence-electron chi connectivity index (χ2n) is 3.67. The van der Waals surface area contributed by atoms with Crippen LogP contribution in [0.1, 0.15) is 19.8 Å². The molecule has 4 nitrogen and oxygen atoms in total. The summed E-state index contributed by atoms with van der Waals surface area (Å²) in [7, 11) is 0. The third kappa shape index (κ3) is 1.70. The zero-order valence-electron chi connectivity index (χ0n) is 8.30. The molecule has 1 saturated heterocycles. The zero-order chi connectivity index (χ0) is 9.97. The van der Waals surface area contributed by atoms with E-state index < -0.39 is 0 Å². The Morgan fingerprint density at radius 1 is 1.64 bits per heavy atom. The van der Waals surface area contributed by atoms with Crippen molar-refractivity contribution in [3.8, 4) is 0 Å². The first-order valence-corrected chi connectivity index (χ1v) is 5.02. The number of nitrogens with zero attached hydrogens (tertiary/aromatic N) is 3. The fourth-order valence-electron chi connectivity index (χ4n) is 2.01. The van der Waals surface area contributed by atoms with Gasteiger partial charge in [0.05, 0.1) is 6.10 Å². The highest BCUT2D eigenvalue weighted by Crippen LogP contribution is 2.25. The molecule has 4 heteroatoms. The average molecular weight is 193 g/mol. The van der Waals surface area contributed by atoms with Gasteiger partial charge < -0.3 is 10.0 Å². The van der Waals surface area contributed by atoms with Crippen LogP contribution in [0.25, 0.3) is 0 Å². The lowest BCUT2D eigenvalue weighted by Crippen LogP contribution is -2.29. The highest BCUT2D eigenvalue weighted by Gasteiger charge is 2.30. The number of aromatic nitrogens is 2. The topological polar surface area (TPSA) is 49.2 Å². The smallest absolute Gasteiger partial charge is 0.132 e. The summed E-state index contributed by atoms with van der Waals surface area (Å²) in [4.78, 5) is 10.2. The van der Waals surface area contributed by atoms with E-state index in [0.29, 0.717) is 12.6 Å². The Balaban J connectivity index is 2.18. The summed E-state index contributed by atoms with van der Waals surface area (Å²) in [6, 6.07) is 2.31. The Bertz CT molecular complexity index is 291. The molecule has 0 amide bonds. The quantitative estimate of drug-likeness (QED) is 0.755. The van der Waals surface area contributed by atoms with Crippen molar-refractivity contribution < 1.29 is 5.11 Å². The molecule has 0 spiro atoms. The first-order valence-electron chi connectivity index (χ1n) is 5.02. The van der Waals surface area contributed by atoms with Crippen LogP contribution in [0.3, 0.4) is 0 Å². The lowest BCUT2D eigenvalue weighted by atomic mass is 10.1. The molecule has 0 bridgehead atoms. The molecule has 1 fully saturated rings. The molecular formula is C10H15N3O. The highest BCUT2D eigenvalue weighted by molar-refractivity contribution is 5.40. The summed E-state index contributed by atoms with van der Waals surface area (Å²) >= 11 is 0. The Hall–Kier alpha value is -1.16. The minimum absolute atomic E-state index is 0.213. The van der Waals surface area contributed by atoms with Crippen LogP contribution < -0.4 is 4.90 Å². The molecule has 0 aromatic carbocycles. The van der Waals surface area contributed by atoms with Crippen molar-refractivity contribution in [2.24, 2.45) is 0 Å². The van der Waals surface area contributed by atoms with Gasteiger partial charge in [-0.15, -0.1) is 0 Å². The summed E-state index contributed by atoms with van der Waals surface area (Å²) in [5, 5.41) is 9.58. The van der Waals surface area contributed by atoms with E-state index in [-0.39, 0.29) is 6.10 Å². The van der Waals surface area contributed by atoms with Gasteiger partial charge in [-0.1, -0.05) is 6.92 Å². The molecule has 0 saturated carbocycles. The Kier molecular flexibility index (Phi) is 2.63. The number of rotatable bonds is 2. The summed E-state index contributed by atoms with van der Waals surface area (Å²) in [5.41, 5.74) is 0. The fourth-order valence-corrected chi connectivity index (χ4v) is 2.01. The van der Waals surface area contributed by atoms with Gasteiger partial charge in [-0.2, -0.15) is 0 Å². The van der Waals surface area contributed by atoms with Crippen LogP contribution in [0, 0.1) is 0 Å². The predicted molar refractivity (Wildman–Crippen MR) is 54.1 cm³/mol. The predicted octanol–water partition coefficient (Wildman–Crippen LogP) is 0.826. The van der Waals surface area contributed by atoms with E-state index in [4.69, 9.17) is 0 Å². The number of hydrogen-bond donors (Lipinski definition) is 1. The molecule has 1 aliphatic rings. The van der Waals surface area contributed by atoms with E-state index in [9.17, 15) is 5.11 Å². The highest BCUT2D eigenvalue weighted by atomic mass is 16.3. The SMILES string of the molecule is CCC1C[C@@H](O)CN1c1ccncn1. The minimum Gasteiger partial charge on any atom is -0.391 e. The van der Waals surface area contributed by atoms with Crippen molar-refractivity contribution in [3.63, 3.8) is 0 Å². The van der Waals surface area contributed by atoms with Gasteiger partial charge in [-0.3, -0.25) is 0 Å². The second-order valence-corrected chi connectivity index (χ2v) is 3.67. The van der Waals surface area contributed by atoms with E-state index in [1.807, 2.05) is 6.07 Å². The molecule has 1 N–H and O–H groups in total. The van der Waals surface area contributed by atoms with Gasteiger partial charge in [0, 0.05) is 18.8 Å². The lowest BCUT2D eigenvalue weighted by molar-refractivity contribution is 0.194. The zero-order valence-corrected chi connectivity index (χ0v) is 8.30. The molecule has 1 unspecified atom stereocenters. The number of aliphatic hydroxyl groups is 1. The Labute approximate surface area is 83.6 Å². The van der Waals surface area contributed by atoms with Crippen LogP contribution in [0.5, 0.6) is 0 Å². The molecule has 1 aliphatic heterocycles. The van der Waals surface area contributed by atoms with Gasteiger partial charge in [-0.05, 0) is 18.9 Å². The van der Waals surface area contributed by atoms with Crippen LogP contribution in [-0.4, -0.2) is 33.8 Å². The second kappa shape index (κ2) is 3.92. The number of anilines is 1. The molecule has 14 heavy (non-hydrogen) atoms. The molecule has 0 aliphatic carbocycles. The fraction of sp³-hybridized carbons (Fsp3) is 0.600. The molecule has 2 rings (SSSR count). The number of β-amino-alcohol motifs (C(OH)–C–C–N with tert-alkyl or cyclic N) is 1. The van der Waals surface area contributed by atoms with Crippen LogP contribution >= 0.6 is 0 Å². The van der Waals surface area contributed by atoms with E-state index in [1.165, 1.54) is 0 Å². The summed E-state index contributed by atoms with van der Waals surface area (Å²) in [6.45, 7) is 2.83. The third-order valence-corrected chi connectivity index (χ3v) is 2.72. The summed E-state index contributed by atoms with van der Waals surface area (Å²) in [5.74, 6) is 0.920. The average Bonchev–Trinajstić information content (AvgIpc) is 2.61. The van der Waals surface area contributed by atoms with Gasteiger partial charge in [0.2, 0.25) is 0 Å². The molecule has 2 heterocycles. The van der Waals surface area contributed by atoms with Crippen LogP contribution in [-0.2, 0) is 0 Å². The minimum atomic E-state index is -0.213. The van der Waals surface area contributed by atoms with Crippen molar-refractivity contribution in [2.45, 2.75) is 31.9 Å². The monoisotopic (exact) mass is 193 g/mol. The maximum Gasteiger partial charge on any atom is 0.132 e. The van der Waals surface area contributed by atoms with E-state index in [2.05, 4.69) is 21.8 Å². The molecule has 0 radical (unpaired) electrons. The standard InChI is InChI=1S/C10H15N3O/c1-2-8-5-9(14)6-13(8)10-3-4-11-7-12-10/h3-4,7-9,14H,2,5-6H2,1H3/t8?,9-/m1/s1. The van der Waals surface area contributed by atoms with E-state index >= 15 is 0 Å². The summed E-state index contributed by atoms with van der Waals surface area (Å²) in [6.07, 6.45) is 4.96. The number of hydrogen-bond acceptors (Lipinski definition) is 4. The maximum atomic E-state index is 9.58. The molecule has 1 aromatic heterocycles. The molecule has 1 aromatic rings. The Morgan fingerprint density at radius 2 is 2.50 bits per heavy atom. The van der Waals surface area contributed by atoms with Crippen LogP contribution in [0.2, 0.25) is 0 Å². The lowest BCUT2D eigenvalue weighted by Gasteiger charge is -2.23. The van der Waals surface area contributed by atoms with Crippen molar-refractivity contribution in [2.75, 3.05) is 11.4 Å².